The molecule has 1 N–H and O–H groups in total. The molecule has 0 unspecified atom stereocenters. The summed E-state index contributed by atoms with van der Waals surface area (Å²) in [7, 11) is 0. The molecular formula is C20H38O2Pr. The van der Waals surface area contributed by atoms with Crippen LogP contribution in [0.4, 0.5) is 0 Å². The van der Waals surface area contributed by atoms with Crippen LogP contribution in [0.15, 0.2) is 12.2 Å². The van der Waals surface area contributed by atoms with Crippen LogP contribution in [0.2, 0.25) is 0 Å². The molecule has 0 aromatic carbocycles. The van der Waals surface area contributed by atoms with E-state index in [9.17, 15) is 4.79 Å². The average Bonchev–Trinajstić information content (AvgIpc) is 2.50. The number of aliphatic carboxylic acids is 1. The van der Waals surface area contributed by atoms with E-state index < -0.39 is 5.97 Å². The molecule has 1 radical (unpaired) electrons. The number of carboxylic acids is 1. The van der Waals surface area contributed by atoms with Crippen molar-refractivity contribution in [1.29, 1.82) is 0 Å². The van der Waals surface area contributed by atoms with Gasteiger partial charge in [-0.3, -0.25) is 0 Å². The Bertz CT molecular complexity index is 264. The van der Waals surface area contributed by atoms with Gasteiger partial charge in [-0.15, -0.1) is 0 Å². The van der Waals surface area contributed by atoms with E-state index in [1.807, 2.05) is 0 Å². The monoisotopic (exact) mass is 451 g/mol. The number of rotatable bonds is 17. The molecule has 0 aliphatic heterocycles. The molecule has 0 aliphatic carbocycles. The van der Waals surface area contributed by atoms with Gasteiger partial charge in [-0.25, -0.2) is 4.79 Å². The fourth-order valence-electron chi connectivity index (χ4n) is 2.82. The minimum atomic E-state index is -0.832. The van der Waals surface area contributed by atoms with Crippen LogP contribution in [-0.4, -0.2) is 11.1 Å². The van der Waals surface area contributed by atoms with Crippen LogP contribution < -0.4 is 0 Å². The number of hydrogen-bond acceptors (Lipinski definition) is 1. The molecule has 0 saturated carbocycles. The van der Waals surface area contributed by atoms with Gasteiger partial charge in [0.15, 0.2) is 0 Å². The van der Waals surface area contributed by atoms with Gasteiger partial charge in [0.25, 0.3) is 0 Å². The molecule has 133 valence electrons. The number of hydrogen-bond donors (Lipinski definition) is 1. The van der Waals surface area contributed by atoms with Crippen molar-refractivity contribution in [3.63, 3.8) is 0 Å². The van der Waals surface area contributed by atoms with Crippen molar-refractivity contribution < 1.29 is 51.2 Å². The summed E-state index contributed by atoms with van der Waals surface area (Å²) in [6.07, 6.45) is 24.5. The van der Waals surface area contributed by atoms with E-state index in [0.29, 0.717) is 0 Å². The van der Waals surface area contributed by atoms with Crippen LogP contribution in [0, 0.1) is 41.3 Å². The quantitative estimate of drug-likeness (QED) is 0.193. The molecular weight excluding hydrogens is 413 g/mol. The van der Waals surface area contributed by atoms with Gasteiger partial charge in [0.2, 0.25) is 0 Å². The van der Waals surface area contributed by atoms with E-state index in [4.69, 9.17) is 5.11 Å². The minimum absolute atomic E-state index is 0. The van der Waals surface area contributed by atoms with Gasteiger partial charge in [-0.05, 0) is 12.8 Å². The van der Waals surface area contributed by atoms with E-state index in [1.54, 1.807) is 6.08 Å². The Morgan fingerprint density at radius 1 is 0.696 bits per heavy atom. The van der Waals surface area contributed by atoms with Crippen molar-refractivity contribution in [3.8, 4) is 0 Å². The predicted molar refractivity (Wildman–Crippen MR) is 96.3 cm³/mol. The molecule has 23 heavy (non-hydrogen) atoms. The molecule has 3 heteroatoms. The van der Waals surface area contributed by atoms with Crippen LogP contribution in [0.1, 0.15) is 110 Å². The molecule has 0 saturated heterocycles. The van der Waals surface area contributed by atoms with Gasteiger partial charge in [0.1, 0.15) is 0 Å². The molecule has 2 nitrogen and oxygen atoms in total. The second-order valence-corrected chi connectivity index (χ2v) is 6.48. The first-order valence-electron chi connectivity index (χ1n) is 9.67. The summed E-state index contributed by atoms with van der Waals surface area (Å²) in [6.45, 7) is 2.27. The molecule has 0 atom stereocenters. The summed E-state index contributed by atoms with van der Waals surface area (Å²) in [5, 5.41) is 8.45. The van der Waals surface area contributed by atoms with E-state index in [0.717, 1.165) is 12.8 Å². The Hall–Kier alpha value is 0.574. The van der Waals surface area contributed by atoms with Gasteiger partial charge in [0.05, 0.1) is 0 Å². The average molecular weight is 451 g/mol. The second-order valence-electron chi connectivity index (χ2n) is 6.48. The number of carbonyl (C=O) groups is 1. The maximum absolute atomic E-state index is 10.3. The summed E-state index contributed by atoms with van der Waals surface area (Å²) in [6, 6.07) is 0. The van der Waals surface area contributed by atoms with Crippen LogP contribution in [0.25, 0.3) is 0 Å². The molecule has 0 heterocycles. The molecule has 0 aromatic rings. The van der Waals surface area contributed by atoms with E-state index in [-0.39, 0.29) is 41.3 Å². The summed E-state index contributed by atoms with van der Waals surface area (Å²) >= 11 is 0. The van der Waals surface area contributed by atoms with Crippen molar-refractivity contribution in [2.75, 3.05) is 0 Å². The summed E-state index contributed by atoms with van der Waals surface area (Å²) in [5.41, 5.74) is 0. The smallest absolute Gasteiger partial charge is 0.327 e. The summed E-state index contributed by atoms with van der Waals surface area (Å²) in [5.74, 6) is -0.832. The first-order chi connectivity index (χ1) is 10.8. The van der Waals surface area contributed by atoms with E-state index >= 15 is 0 Å². The molecule has 0 aromatic heterocycles. The Kier molecular flexibility index (Phi) is 25.3. The maximum Gasteiger partial charge on any atom is 0.327 e. The van der Waals surface area contributed by atoms with Crippen LogP contribution in [0.3, 0.4) is 0 Å². The van der Waals surface area contributed by atoms with Gasteiger partial charge in [0, 0.05) is 47.4 Å². The third-order valence-corrected chi connectivity index (χ3v) is 4.23. The molecule has 0 aliphatic rings. The van der Waals surface area contributed by atoms with Crippen LogP contribution in [0.5, 0.6) is 0 Å². The van der Waals surface area contributed by atoms with Gasteiger partial charge in [-0.1, -0.05) is 103 Å². The molecule has 0 bridgehead atoms. The summed E-state index contributed by atoms with van der Waals surface area (Å²) in [4.78, 5) is 10.3. The fraction of sp³-hybridized carbons (Fsp3) is 0.850. The van der Waals surface area contributed by atoms with Crippen LogP contribution in [-0.2, 0) is 4.79 Å². The molecule has 0 amide bonds. The molecule has 0 spiro atoms. The Morgan fingerprint density at radius 2 is 1.04 bits per heavy atom. The van der Waals surface area contributed by atoms with Gasteiger partial charge >= 0.3 is 5.97 Å². The first-order valence-corrected chi connectivity index (χ1v) is 9.67. The van der Waals surface area contributed by atoms with Gasteiger partial charge < -0.3 is 5.11 Å². The van der Waals surface area contributed by atoms with E-state index in [2.05, 4.69) is 6.92 Å². The number of allylic oxidation sites excluding steroid dienone is 1. The molecule has 0 rings (SSSR count). The normalized spacial score (nSPS) is 10.8. The first kappa shape index (κ1) is 25.8. The molecule has 0 fully saturated rings. The predicted octanol–water partition coefficient (Wildman–Crippen LogP) is 6.89. The van der Waals surface area contributed by atoms with Crippen molar-refractivity contribution in [3.05, 3.63) is 12.2 Å². The van der Waals surface area contributed by atoms with Gasteiger partial charge in [-0.2, -0.15) is 0 Å². The third-order valence-electron chi connectivity index (χ3n) is 4.23. The Balaban J connectivity index is 0. The third kappa shape index (κ3) is 24.9. The largest absolute Gasteiger partial charge is 0.478 e. The standard InChI is InChI=1S/C20H38O2.Pr/c1-2-3-4-5-6-7-8-9-10-11-12-13-14-15-16-17-18-19-20(21)22;/h18-19H,2-17H2,1H3,(H,21,22);. The minimum Gasteiger partial charge on any atom is -0.478 e. The maximum atomic E-state index is 10.3. The topological polar surface area (TPSA) is 37.3 Å². The Labute approximate surface area is 177 Å². The van der Waals surface area contributed by atoms with E-state index in [1.165, 1.54) is 96.0 Å². The zero-order chi connectivity index (χ0) is 16.3. The SMILES string of the molecule is CCCCCCCCCCCCCCCCCC=CC(=O)O.[Pr]. The Morgan fingerprint density at radius 3 is 1.39 bits per heavy atom. The van der Waals surface area contributed by atoms with Crippen molar-refractivity contribution in [1.82, 2.24) is 0 Å². The fourth-order valence-corrected chi connectivity index (χ4v) is 2.82. The van der Waals surface area contributed by atoms with Crippen molar-refractivity contribution in [2.24, 2.45) is 0 Å². The zero-order valence-electron chi connectivity index (χ0n) is 15.4. The van der Waals surface area contributed by atoms with Crippen molar-refractivity contribution >= 4 is 5.97 Å². The van der Waals surface area contributed by atoms with Crippen LogP contribution >= 0.6 is 0 Å². The summed E-state index contributed by atoms with van der Waals surface area (Å²) < 4.78 is 0. The zero-order valence-corrected chi connectivity index (χ0v) is 19.1. The number of carboxylic acid groups (broad SMARTS) is 1. The second kappa shape index (κ2) is 22.6. The number of unbranched alkanes of at least 4 members (excludes halogenated alkanes) is 15. The van der Waals surface area contributed by atoms with Crippen molar-refractivity contribution in [2.45, 2.75) is 110 Å².